The molecule has 0 spiro atoms. The molecule has 0 radical (unpaired) electrons. The molecule has 0 saturated heterocycles. The van der Waals surface area contributed by atoms with E-state index in [1.807, 2.05) is 13.8 Å². The number of carbonyl (C=O) groups excluding carboxylic acids is 1. The Labute approximate surface area is 69.5 Å². The van der Waals surface area contributed by atoms with E-state index >= 15 is 0 Å². The van der Waals surface area contributed by atoms with E-state index in [9.17, 15) is 4.79 Å². The van der Waals surface area contributed by atoms with Crippen LogP contribution in [0.15, 0.2) is 11.6 Å². The summed E-state index contributed by atoms with van der Waals surface area (Å²) in [7, 11) is 0. The summed E-state index contributed by atoms with van der Waals surface area (Å²) in [6.07, 6.45) is 2.96. The summed E-state index contributed by atoms with van der Waals surface area (Å²) in [5, 5.41) is 0. The predicted octanol–water partition coefficient (Wildman–Crippen LogP) is 2.96. The van der Waals surface area contributed by atoms with Crippen molar-refractivity contribution in [2.45, 2.75) is 41.0 Å². The van der Waals surface area contributed by atoms with Gasteiger partial charge in [0.05, 0.1) is 0 Å². The van der Waals surface area contributed by atoms with Crippen molar-refractivity contribution in [2.75, 3.05) is 0 Å². The molecule has 0 aromatic heterocycles. The van der Waals surface area contributed by atoms with E-state index in [-0.39, 0.29) is 11.2 Å². The lowest BCUT2D eigenvalue weighted by Crippen LogP contribution is -2.20. The van der Waals surface area contributed by atoms with Gasteiger partial charge in [0.1, 0.15) is 5.78 Å². The number of hydrogen-bond acceptors (Lipinski definition) is 1. The maximum absolute atomic E-state index is 11.0. The molecule has 0 heterocycles. The Hall–Kier alpha value is -0.590. The van der Waals surface area contributed by atoms with Crippen LogP contribution < -0.4 is 0 Å². The van der Waals surface area contributed by atoms with Crippen molar-refractivity contribution >= 4 is 5.78 Å². The van der Waals surface area contributed by atoms with Crippen molar-refractivity contribution in [3.63, 3.8) is 0 Å². The zero-order valence-corrected chi connectivity index (χ0v) is 8.19. The summed E-state index contributed by atoms with van der Waals surface area (Å²) in [5.41, 5.74) is 1.09. The molecule has 0 bridgehead atoms. The van der Waals surface area contributed by atoms with Crippen LogP contribution in [0.5, 0.6) is 0 Å². The van der Waals surface area contributed by atoms with E-state index in [2.05, 4.69) is 19.9 Å². The second-order valence-electron chi connectivity index (χ2n) is 3.93. The fourth-order valence-electron chi connectivity index (χ4n) is 0.603. The first-order chi connectivity index (χ1) is 4.86. The normalized spacial score (nSPS) is 11.0. The Morgan fingerprint density at radius 3 is 2.00 bits per heavy atom. The summed E-state index contributed by atoms with van der Waals surface area (Å²) in [5.74, 6) is 0.259. The van der Waals surface area contributed by atoms with Crippen molar-refractivity contribution in [1.82, 2.24) is 0 Å². The molecule has 0 saturated carbocycles. The third-order valence-corrected chi connectivity index (χ3v) is 1.97. The number of rotatable bonds is 3. The van der Waals surface area contributed by atoms with Crippen molar-refractivity contribution in [1.29, 1.82) is 0 Å². The van der Waals surface area contributed by atoms with Crippen LogP contribution in [0.25, 0.3) is 0 Å². The zero-order valence-electron chi connectivity index (χ0n) is 8.19. The minimum absolute atomic E-state index is 0.183. The molecule has 0 fully saturated rings. The van der Waals surface area contributed by atoms with Gasteiger partial charge in [-0.3, -0.25) is 4.79 Å². The topological polar surface area (TPSA) is 17.1 Å². The molecule has 0 aliphatic rings. The smallest absolute Gasteiger partial charge is 0.135 e. The molecule has 0 aromatic carbocycles. The molecule has 64 valence electrons. The maximum atomic E-state index is 11.0. The van der Waals surface area contributed by atoms with Gasteiger partial charge in [-0.25, -0.2) is 0 Å². The van der Waals surface area contributed by atoms with Crippen LogP contribution in [-0.2, 0) is 4.79 Å². The fourth-order valence-corrected chi connectivity index (χ4v) is 0.603. The summed E-state index contributed by atoms with van der Waals surface area (Å²) in [6, 6.07) is 0. The van der Waals surface area contributed by atoms with Gasteiger partial charge in [0.15, 0.2) is 0 Å². The quantitative estimate of drug-likeness (QED) is 0.571. The van der Waals surface area contributed by atoms with Gasteiger partial charge in [0.25, 0.3) is 0 Å². The molecule has 1 heteroatoms. The lowest BCUT2D eigenvalue weighted by Gasteiger charge is -2.18. The highest BCUT2D eigenvalue weighted by atomic mass is 16.1. The van der Waals surface area contributed by atoms with Crippen molar-refractivity contribution < 1.29 is 4.79 Å². The van der Waals surface area contributed by atoms with Gasteiger partial charge in [-0.15, -0.1) is 0 Å². The minimum atomic E-state index is -0.183. The molecule has 0 amide bonds. The molecular weight excluding hydrogens is 136 g/mol. The van der Waals surface area contributed by atoms with Gasteiger partial charge in [-0.05, 0) is 27.2 Å². The molecule has 0 unspecified atom stereocenters. The highest BCUT2D eigenvalue weighted by Gasteiger charge is 2.21. The van der Waals surface area contributed by atoms with Crippen LogP contribution in [-0.4, -0.2) is 5.78 Å². The van der Waals surface area contributed by atoms with Gasteiger partial charge in [-0.2, -0.15) is 0 Å². The molecule has 0 rings (SSSR count). The zero-order chi connectivity index (χ0) is 9.07. The summed E-state index contributed by atoms with van der Waals surface area (Å²) < 4.78 is 0. The van der Waals surface area contributed by atoms with Crippen LogP contribution in [0.4, 0.5) is 0 Å². The van der Waals surface area contributed by atoms with E-state index in [0.29, 0.717) is 0 Å². The molecule has 0 aromatic rings. The molecular formula is C10H18O. The Morgan fingerprint density at radius 1 is 1.27 bits per heavy atom. The Balaban J connectivity index is 4.14. The molecule has 0 atom stereocenters. The number of allylic oxidation sites excluding steroid dienone is 2. The van der Waals surface area contributed by atoms with Crippen LogP contribution in [0, 0.1) is 5.41 Å². The maximum Gasteiger partial charge on any atom is 0.135 e. The van der Waals surface area contributed by atoms with Gasteiger partial charge < -0.3 is 0 Å². The third-order valence-electron chi connectivity index (χ3n) is 1.97. The molecule has 11 heavy (non-hydrogen) atoms. The van der Waals surface area contributed by atoms with E-state index in [4.69, 9.17) is 0 Å². The van der Waals surface area contributed by atoms with Crippen LogP contribution in [0.1, 0.15) is 41.0 Å². The van der Waals surface area contributed by atoms with Crippen molar-refractivity contribution in [3.05, 3.63) is 11.6 Å². The van der Waals surface area contributed by atoms with Crippen LogP contribution in [0.2, 0.25) is 0 Å². The van der Waals surface area contributed by atoms with E-state index < -0.39 is 0 Å². The van der Waals surface area contributed by atoms with Gasteiger partial charge in [0, 0.05) is 5.41 Å². The number of carbonyl (C=O) groups is 1. The molecule has 0 aliphatic carbocycles. The molecule has 0 N–H and O–H groups in total. The second-order valence-corrected chi connectivity index (χ2v) is 3.93. The van der Waals surface area contributed by atoms with Crippen LogP contribution >= 0.6 is 0 Å². The summed E-state index contributed by atoms with van der Waals surface area (Å²) in [6.45, 7) is 9.72. The first kappa shape index (κ1) is 10.4. The fraction of sp³-hybridized carbons (Fsp3) is 0.700. The number of hydrogen-bond donors (Lipinski definition) is 0. The van der Waals surface area contributed by atoms with E-state index in [1.165, 1.54) is 5.57 Å². The average Bonchev–Trinajstić information content (AvgIpc) is 1.84. The monoisotopic (exact) mass is 154 g/mol. The predicted molar refractivity (Wildman–Crippen MR) is 48.5 cm³/mol. The van der Waals surface area contributed by atoms with Gasteiger partial charge in [-0.1, -0.05) is 25.5 Å². The molecule has 1 nitrogen and oxygen atoms in total. The highest BCUT2D eigenvalue weighted by molar-refractivity contribution is 5.81. The number of Topliss-reactive ketones (excluding diaryl/α,β-unsaturated/α-hetero) is 1. The van der Waals surface area contributed by atoms with Crippen molar-refractivity contribution in [3.8, 4) is 0 Å². The molecule has 0 aliphatic heterocycles. The van der Waals surface area contributed by atoms with Gasteiger partial charge in [0.2, 0.25) is 0 Å². The first-order valence-corrected chi connectivity index (χ1v) is 4.00. The highest BCUT2D eigenvalue weighted by Crippen LogP contribution is 2.22. The Kier molecular flexibility index (Phi) is 3.50. The van der Waals surface area contributed by atoms with Crippen LogP contribution in [0.3, 0.4) is 0 Å². The first-order valence-electron chi connectivity index (χ1n) is 4.00. The SMILES string of the molecule is CC(=O)C(C)(C)CC=C(C)C. The summed E-state index contributed by atoms with van der Waals surface area (Å²) in [4.78, 5) is 11.0. The lowest BCUT2D eigenvalue weighted by molar-refractivity contribution is -0.124. The second kappa shape index (κ2) is 3.70. The largest absolute Gasteiger partial charge is 0.299 e. The van der Waals surface area contributed by atoms with Gasteiger partial charge >= 0.3 is 0 Å². The third kappa shape index (κ3) is 3.97. The lowest BCUT2D eigenvalue weighted by atomic mass is 9.85. The standard InChI is InChI=1S/C10H18O/c1-8(2)6-7-10(4,5)9(3)11/h6H,7H2,1-5H3. The average molecular weight is 154 g/mol. The minimum Gasteiger partial charge on any atom is -0.299 e. The number of ketones is 1. The van der Waals surface area contributed by atoms with Crippen molar-refractivity contribution in [2.24, 2.45) is 5.41 Å². The van der Waals surface area contributed by atoms with E-state index in [0.717, 1.165) is 6.42 Å². The summed E-state index contributed by atoms with van der Waals surface area (Å²) >= 11 is 0. The Morgan fingerprint density at radius 2 is 1.73 bits per heavy atom. The van der Waals surface area contributed by atoms with E-state index in [1.54, 1.807) is 6.92 Å². The Bertz CT molecular complexity index is 171.